The third kappa shape index (κ3) is 5.89. The predicted molar refractivity (Wildman–Crippen MR) is 197 cm³/mol. The highest BCUT2D eigenvalue weighted by Crippen LogP contribution is 2.41. The molecule has 0 bridgehead atoms. The number of fused-ring (bicyclic) bond motifs is 3. The van der Waals surface area contributed by atoms with E-state index in [0.29, 0.717) is 55.3 Å². The minimum atomic E-state index is -0.816. The van der Waals surface area contributed by atoms with E-state index in [9.17, 15) is 9.59 Å². The van der Waals surface area contributed by atoms with Crippen molar-refractivity contribution in [3.8, 4) is 11.5 Å². The zero-order chi connectivity index (χ0) is 34.2. The Morgan fingerprint density at radius 1 is 0.980 bits per heavy atom. The molecule has 49 heavy (non-hydrogen) atoms. The number of carbonyl (C=O) groups is 1. The van der Waals surface area contributed by atoms with Gasteiger partial charge in [-0.25, -0.2) is 9.79 Å². The first-order valence-electron chi connectivity index (χ1n) is 16.1. The van der Waals surface area contributed by atoms with Gasteiger partial charge in [0.15, 0.2) is 16.3 Å². The van der Waals surface area contributed by atoms with Gasteiger partial charge < -0.3 is 18.8 Å². The van der Waals surface area contributed by atoms with Gasteiger partial charge in [-0.15, -0.1) is 0 Å². The lowest BCUT2D eigenvalue weighted by Gasteiger charge is -2.26. The molecule has 2 aromatic heterocycles. The molecular formula is C39H34BrN3O5S. The maximum Gasteiger partial charge on any atom is 0.338 e. The van der Waals surface area contributed by atoms with Crippen LogP contribution >= 0.6 is 27.3 Å². The molecule has 10 heteroatoms. The Bertz CT molecular complexity index is 2470. The molecule has 3 heterocycles. The molecule has 8 nitrogen and oxygen atoms in total. The van der Waals surface area contributed by atoms with Gasteiger partial charge in [0.1, 0.15) is 0 Å². The van der Waals surface area contributed by atoms with Crippen molar-refractivity contribution in [1.82, 2.24) is 9.13 Å². The molecule has 6 aromatic rings. The van der Waals surface area contributed by atoms with E-state index < -0.39 is 12.0 Å². The zero-order valence-electron chi connectivity index (χ0n) is 27.5. The SMILES string of the molecule is CCOC(=O)C1=C(C)N=c2s/c(=C/c3cn(Cc4cccc5ccccc45)c4ccccc34)c(=O)n2[C@H]1c1cc(OC)c(OCC)cc1Br. The van der Waals surface area contributed by atoms with E-state index in [1.807, 2.05) is 25.1 Å². The number of hydrogen-bond donors (Lipinski definition) is 0. The number of benzene rings is 4. The molecular weight excluding hydrogens is 702 g/mol. The van der Waals surface area contributed by atoms with Crippen LogP contribution in [0.1, 0.15) is 43.5 Å². The lowest BCUT2D eigenvalue weighted by molar-refractivity contribution is -0.139. The van der Waals surface area contributed by atoms with Crippen LogP contribution in [0.5, 0.6) is 11.5 Å². The first kappa shape index (κ1) is 32.6. The Morgan fingerprint density at radius 2 is 1.73 bits per heavy atom. The maximum atomic E-state index is 14.5. The number of ether oxygens (including phenoxy) is 3. The number of hydrogen-bond acceptors (Lipinski definition) is 7. The summed E-state index contributed by atoms with van der Waals surface area (Å²) in [4.78, 5) is 33.2. The van der Waals surface area contributed by atoms with Crippen LogP contribution in [-0.4, -0.2) is 35.4 Å². The van der Waals surface area contributed by atoms with Crippen LogP contribution in [0.2, 0.25) is 0 Å². The van der Waals surface area contributed by atoms with Gasteiger partial charge in [0, 0.05) is 33.7 Å². The second kappa shape index (κ2) is 13.5. The summed E-state index contributed by atoms with van der Waals surface area (Å²) in [7, 11) is 1.56. The molecule has 0 saturated heterocycles. The average Bonchev–Trinajstić information content (AvgIpc) is 3.60. The summed E-state index contributed by atoms with van der Waals surface area (Å²) in [6, 6.07) is 25.8. The second-order valence-electron chi connectivity index (χ2n) is 11.6. The Kier molecular flexibility index (Phi) is 9.00. The number of para-hydroxylation sites is 1. The monoisotopic (exact) mass is 735 g/mol. The van der Waals surface area contributed by atoms with Crippen molar-refractivity contribution in [3.05, 3.63) is 137 Å². The normalized spacial score (nSPS) is 14.6. The third-order valence-corrected chi connectivity index (χ3v) is 10.4. The molecule has 7 rings (SSSR count). The fourth-order valence-corrected chi connectivity index (χ4v) is 8.13. The molecule has 248 valence electrons. The number of methoxy groups -OCH3 is 1. The van der Waals surface area contributed by atoms with E-state index >= 15 is 0 Å². The van der Waals surface area contributed by atoms with Crippen molar-refractivity contribution in [2.24, 2.45) is 4.99 Å². The first-order chi connectivity index (χ1) is 23.8. The van der Waals surface area contributed by atoms with Crippen LogP contribution < -0.4 is 24.4 Å². The molecule has 1 atom stereocenters. The highest BCUT2D eigenvalue weighted by Gasteiger charge is 2.35. The van der Waals surface area contributed by atoms with Crippen LogP contribution in [0.4, 0.5) is 0 Å². The van der Waals surface area contributed by atoms with Crippen molar-refractivity contribution < 1.29 is 19.0 Å². The Labute approximate surface area is 295 Å². The molecule has 1 aliphatic heterocycles. The quantitative estimate of drug-likeness (QED) is 0.148. The van der Waals surface area contributed by atoms with Gasteiger partial charge in [0.05, 0.1) is 42.2 Å². The maximum absolute atomic E-state index is 14.5. The molecule has 0 radical (unpaired) electrons. The highest BCUT2D eigenvalue weighted by atomic mass is 79.9. The summed E-state index contributed by atoms with van der Waals surface area (Å²) >= 11 is 5.00. The van der Waals surface area contributed by atoms with Gasteiger partial charge in [0.25, 0.3) is 5.56 Å². The number of thiazole rings is 1. The van der Waals surface area contributed by atoms with E-state index in [4.69, 9.17) is 19.2 Å². The van der Waals surface area contributed by atoms with Gasteiger partial charge >= 0.3 is 5.97 Å². The standard InChI is InChI=1S/C39H34BrN3O5S/c1-5-47-33-20-30(40)29(19-32(33)46-4)36-35(38(45)48-6-2)23(3)41-39-43(36)37(44)34(49-39)18-26-22-42(31-17-10-9-16-28(26)31)21-25-14-11-13-24-12-7-8-15-27(24)25/h7-20,22,36H,5-6,21H2,1-4H3/b34-18+/t36-/m0/s1. The zero-order valence-corrected chi connectivity index (χ0v) is 29.9. The lowest BCUT2D eigenvalue weighted by atomic mass is 9.95. The lowest BCUT2D eigenvalue weighted by Crippen LogP contribution is -2.40. The van der Waals surface area contributed by atoms with E-state index in [0.717, 1.165) is 16.5 Å². The van der Waals surface area contributed by atoms with Gasteiger partial charge in [0.2, 0.25) is 0 Å². The molecule has 0 aliphatic carbocycles. The molecule has 0 amide bonds. The fourth-order valence-electron chi connectivity index (χ4n) is 6.55. The van der Waals surface area contributed by atoms with Crippen LogP contribution in [0.15, 0.2) is 111 Å². The number of aromatic nitrogens is 2. The van der Waals surface area contributed by atoms with E-state index in [1.165, 1.54) is 27.7 Å². The van der Waals surface area contributed by atoms with E-state index in [1.54, 1.807) is 37.7 Å². The highest BCUT2D eigenvalue weighted by molar-refractivity contribution is 9.10. The number of esters is 1. The van der Waals surface area contributed by atoms with Crippen LogP contribution in [0, 0.1) is 0 Å². The third-order valence-electron chi connectivity index (χ3n) is 8.72. The topological polar surface area (TPSA) is 84.1 Å². The number of halogens is 1. The second-order valence-corrected chi connectivity index (χ2v) is 13.5. The smallest absolute Gasteiger partial charge is 0.338 e. The minimum absolute atomic E-state index is 0.184. The van der Waals surface area contributed by atoms with Crippen molar-refractivity contribution >= 4 is 61.0 Å². The largest absolute Gasteiger partial charge is 0.493 e. The Balaban J connectivity index is 1.40. The van der Waals surface area contributed by atoms with Gasteiger partial charge in [-0.1, -0.05) is 87.9 Å². The molecule has 0 unspecified atom stereocenters. The molecule has 4 aromatic carbocycles. The van der Waals surface area contributed by atoms with Crippen molar-refractivity contribution in [3.63, 3.8) is 0 Å². The van der Waals surface area contributed by atoms with Crippen molar-refractivity contribution in [1.29, 1.82) is 0 Å². The summed E-state index contributed by atoms with van der Waals surface area (Å²) in [5.74, 6) is 0.504. The van der Waals surface area contributed by atoms with Crippen molar-refractivity contribution in [2.75, 3.05) is 20.3 Å². The number of nitrogens with zero attached hydrogens (tertiary/aromatic N) is 3. The summed E-state index contributed by atoms with van der Waals surface area (Å²) < 4.78 is 21.9. The summed E-state index contributed by atoms with van der Waals surface area (Å²) in [6.07, 6.45) is 4.03. The van der Waals surface area contributed by atoms with E-state index in [2.05, 4.69) is 81.3 Å². The number of carbonyl (C=O) groups excluding carboxylic acids is 1. The van der Waals surface area contributed by atoms with Crippen LogP contribution in [0.25, 0.3) is 27.8 Å². The van der Waals surface area contributed by atoms with Gasteiger partial charge in [-0.2, -0.15) is 0 Å². The Morgan fingerprint density at radius 3 is 2.51 bits per heavy atom. The first-order valence-corrected chi connectivity index (χ1v) is 17.7. The fraction of sp³-hybridized carbons (Fsp3) is 0.205. The molecule has 1 aliphatic rings. The van der Waals surface area contributed by atoms with Gasteiger partial charge in [-0.3, -0.25) is 9.36 Å². The average molecular weight is 737 g/mol. The molecule has 0 spiro atoms. The summed E-state index contributed by atoms with van der Waals surface area (Å²) in [5.41, 5.74) is 4.37. The number of rotatable bonds is 9. The van der Waals surface area contributed by atoms with Crippen LogP contribution in [-0.2, 0) is 16.1 Å². The summed E-state index contributed by atoms with van der Waals surface area (Å²) in [5, 5.41) is 3.44. The Hall–Kier alpha value is -4.93. The van der Waals surface area contributed by atoms with E-state index in [-0.39, 0.29) is 12.2 Å². The molecule has 0 fully saturated rings. The summed E-state index contributed by atoms with van der Waals surface area (Å²) in [6.45, 7) is 6.73. The van der Waals surface area contributed by atoms with Crippen LogP contribution in [0.3, 0.4) is 0 Å². The predicted octanol–water partition coefficient (Wildman–Crippen LogP) is 7.12. The number of allylic oxidation sites excluding steroid dienone is 1. The minimum Gasteiger partial charge on any atom is -0.493 e. The van der Waals surface area contributed by atoms with Crippen molar-refractivity contribution in [2.45, 2.75) is 33.4 Å². The molecule has 0 saturated carbocycles. The van der Waals surface area contributed by atoms with Gasteiger partial charge in [-0.05, 0) is 66.9 Å². The molecule has 0 N–H and O–H groups in total.